The molecule has 1 nitrogen and oxygen atoms in total. The molecule has 1 spiro atoms. The van der Waals surface area contributed by atoms with E-state index < -0.39 is 0 Å². The Morgan fingerprint density at radius 1 is 0.356 bits per heavy atom. The molecule has 1 atom stereocenters. The molecule has 0 heterocycles. The third-order valence-corrected chi connectivity index (χ3v) is 10.8. The minimum absolute atomic E-state index is 0.293. The van der Waals surface area contributed by atoms with Gasteiger partial charge < -0.3 is 4.90 Å². The number of hydrogen-bond acceptors (Lipinski definition) is 1. The smallest absolute Gasteiger partial charge is 0.0738 e. The van der Waals surface area contributed by atoms with E-state index in [4.69, 9.17) is 0 Å². The summed E-state index contributed by atoms with van der Waals surface area (Å²) in [6.45, 7) is 0. The van der Waals surface area contributed by atoms with Gasteiger partial charge >= 0.3 is 0 Å². The van der Waals surface area contributed by atoms with Crippen LogP contribution < -0.4 is 4.90 Å². The summed E-state index contributed by atoms with van der Waals surface area (Å²) < 4.78 is 0. The van der Waals surface area contributed by atoms with Crippen LogP contribution in [0.5, 0.6) is 0 Å². The molecule has 0 saturated heterocycles. The van der Waals surface area contributed by atoms with Crippen LogP contribution in [0.4, 0.5) is 17.1 Å². The Morgan fingerprint density at radius 3 is 1.69 bits per heavy atom. The van der Waals surface area contributed by atoms with Gasteiger partial charge in [-0.05, 0) is 121 Å². The molecule has 0 saturated carbocycles. The second-order valence-electron chi connectivity index (χ2n) is 12.8. The molecule has 0 aliphatic heterocycles. The molecule has 7 aromatic rings. The molecule has 0 aromatic heterocycles. The van der Waals surface area contributed by atoms with Crippen LogP contribution in [0.3, 0.4) is 0 Å². The van der Waals surface area contributed by atoms with Crippen molar-refractivity contribution in [2.45, 2.75) is 11.8 Å². The van der Waals surface area contributed by atoms with Gasteiger partial charge in [0.15, 0.2) is 0 Å². The first-order valence-corrected chi connectivity index (χ1v) is 15.9. The third-order valence-electron chi connectivity index (χ3n) is 10.8. The van der Waals surface area contributed by atoms with Gasteiger partial charge in [-0.25, -0.2) is 0 Å². The average Bonchev–Trinajstić information content (AvgIpc) is 3.80. The molecule has 1 unspecified atom stereocenters. The van der Waals surface area contributed by atoms with E-state index >= 15 is 0 Å². The Hall–Kier alpha value is -5.66. The van der Waals surface area contributed by atoms with E-state index in [-0.39, 0.29) is 5.41 Å². The molecule has 0 radical (unpaired) electrons. The van der Waals surface area contributed by atoms with Gasteiger partial charge in [0.05, 0.1) is 5.41 Å². The summed E-state index contributed by atoms with van der Waals surface area (Å²) in [7, 11) is 0. The summed E-state index contributed by atoms with van der Waals surface area (Å²) >= 11 is 0. The van der Waals surface area contributed by atoms with E-state index in [1.165, 1.54) is 89.3 Å². The second kappa shape index (κ2) is 8.28. The van der Waals surface area contributed by atoms with Gasteiger partial charge in [0, 0.05) is 17.1 Å². The standard InChI is InChI=1S/C44H27N/c1-2-11-29(12-3-1)45(30-21-20-28-24-27-10-4-5-13-32(27)39(28)25-30)31-22-23-34-36-16-9-18-38-37-17-8-15-35-33-14-6-7-19-40(33)44(42(35)37,43(36)38)41(34)26-31/h1-23,25-26H,24H2. The first-order chi connectivity index (χ1) is 22.3. The SMILES string of the molecule is c1ccc(N(c2ccc3c(c2)-c2ccccc2C3)c2ccc3c(c2)C24c5ccccc5-c5cccc(c52)-c2cccc-3c24)cc1. The van der Waals surface area contributed by atoms with E-state index in [2.05, 4.69) is 157 Å². The highest BCUT2D eigenvalue weighted by molar-refractivity contribution is 6.06. The Balaban J connectivity index is 1.19. The molecule has 0 fully saturated rings. The van der Waals surface area contributed by atoms with E-state index in [1.54, 1.807) is 0 Å². The van der Waals surface area contributed by atoms with Gasteiger partial charge in [-0.1, -0.05) is 115 Å². The quantitative estimate of drug-likeness (QED) is 0.205. The maximum atomic E-state index is 2.50. The highest BCUT2D eigenvalue weighted by atomic mass is 15.1. The zero-order valence-corrected chi connectivity index (χ0v) is 24.6. The predicted octanol–water partition coefficient (Wildman–Crippen LogP) is 11.1. The molecule has 208 valence electrons. The van der Waals surface area contributed by atoms with Crippen LogP contribution >= 0.6 is 0 Å². The number of anilines is 3. The van der Waals surface area contributed by atoms with Crippen molar-refractivity contribution in [1.82, 2.24) is 0 Å². The lowest BCUT2D eigenvalue weighted by Crippen LogP contribution is -2.23. The van der Waals surface area contributed by atoms with Crippen LogP contribution in [-0.2, 0) is 11.8 Å². The number of hydrogen-bond donors (Lipinski definition) is 0. The summed E-state index contributed by atoms with van der Waals surface area (Å²) in [6, 6.07) is 56.9. The van der Waals surface area contributed by atoms with E-state index in [9.17, 15) is 0 Å². The topological polar surface area (TPSA) is 3.24 Å². The molecule has 45 heavy (non-hydrogen) atoms. The van der Waals surface area contributed by atoms with E-state index in [1.807, 2.05) is 0 Å². The van der Waals surface area contributed by atoms with Crippen molar-refractivity contribution in [3.8, 4) is 44.5 Å². The van der Waals surface area contributed by atoms with Crippen molar-refractivity contribution in [1.29, 1.82) is 0 Å². The third kappa shape index (κ3) is 2.81. The molecule has 11 rings (SSSR count). The van der Waals surface area contributed by atoms with Gasteiger partial charge in [-0.2, -0.15) is 0 Å². The van der Waals surface area contributed by atoms with E-state index in [0.29, 0.717) is 0 Å². The van der Waals surface area contributed by atoms with E-state index in [0.717, 1.165) is 12.1 Å². The van der Waals surface area contributed by atoms with Gasteiger partial charge in [0.2, 0.25) is 0 Å². The van der Waals surface area contributed by atoms with Gasteiger partial charge in [-0.15, -0.1) is 0 Å². The van der Waals surface area contributed by atoms with Crippen LogP contribution in [0.15, 0.2) is 152 Å². The molecule has 7 aromatic carbocycles. The highest BCUT2D eigenvalue weighted by Gasteiger charge is 2.57. The van der Waals surface area contributed by atoms with Crippen LogP contribution in [0, 0.1) is 0 Å². The molecule has 4 aliphatic rings. The van der Waals surface area contributed by atoms with Crippen molar-refractivity contribution < 1.29 is 0 Å². The summed E-state index contributed by atoms with van der Waals surface area (Å²) in [5, 5.41) is 0. The largest absolute Gasteiger partial charge is 0.310 e. The predicted molar refractivity (Wildman–Crippen MR) is 185 cm³/mol. The molecule has 0 amide bonds. The first-order valence-electron chi connectivity index (χ1n) is 15.9. The van der Waals surface area contributed by atoms with Crippen molar-refractivity contribution >= 4 is 17.1 Å². The zero-order valence-electron chi connectivity index (χ0n) is 24.6. The fourth-order valence-electron chi connectivity index (χ4n) is 9.16. The lowest BCUT2D eigenvalue weighted by Gasteiger charge is -2.30. The lowest BCUT2D eigenvalue weighted by molar-refractivity contribution is 0.818. The molecule has 4 aliphatic carbocycles. The fraction of sp³-hybridized carbons (Fsp3) is 0.0455. The zero-order chi connectivity index (χ0) is 29.3. The first kappa shape index (κ1) is 23.8. The molecular weight excluding hydrogens is 542 g/mol. The Morgan fingerprint density at radius 2 is 0.911 bits per heavy atom. The van der Waals surface area contributed by atoms with Crippen molar-refractivity contribution in [3.05, 3.63) is 185 Å². The van der Waals surface area contributed by atoms with Crippen LogP contribution in [0.1, 0.15) is 33.4 Å². The number of rotatable bonds is 3. The Kier molecular flexibility index (Phi) is 4.37. The van der Waals surface area contributed by atoms with Crippen LogP contribution in [0.25, 0.3) is 44.5 Å². The Bertz CT molecular complexity index is 2380. The number of nitrogens with zero attached hydrogens (tertiary/aromatic N) is 1. The second-order valence-corrected chi connectivity index (χ2v) is 12.8. The highest BCUT2D eigenvalue weighted by Crippen LogP contribution is 2.70. The molecular formula is C44H27N. The Labute approximate surface area is 262 Å². The summed E-state index contributed by atoms with van der Waals surface area (Å²) in [4.78, 5) is 2.45. The van der Waals surface area contributed by atoms with Gasteiger partial charge in [0.1, 0.15) is 0 Å². The fourth-order valence-corrected chi connectivity index (χ4v) is 9.16. The van der Waals surface area contributed by atoms with Crippen molar-refractivity contribution in [3.63, 3.8) is 0 Å². The van der Waals surface area contributed by atoms with Gasteiger partial charge in [0.25, 0.3) is 0 Å². The average molecular weight is 570 g/mol. The number of benzene rings is 7. The minimum Gasteiger partial charge on any atom is -0.310 e. The summed E-state index contributed by atoms with van der Waals surface area (Å²) in [5.41, 5.74) is 22.7. The summed E-state index contributed by atoms with van der Waals surface area (Å²) in [6.07, 6.45) is 1.00. The maximum absolute atomic E-state index is 2.50. The van der Waals surface area contributed by atoms with Crippen LogP contribution in [0.2, 0.25) is 0 Å². The number of fused-ring (bicyclic) bond motifs is 8. The van der Waals surface area contributed by atoms with Crippen molar-refractivity contribution in [2.75, 3.05) is 4.90 Å². The van der Waals surface area contributed by atoms with Gasteiger partial charge in [-0.3, -0.25) is 0 Å². The monoisotopic (exact) mass is 569 g/mol. The number of para-hydroxylation sites is 1. The van der Waals surface area contributed by atoms with Crippen LogP contribution in [-0.4, -0.2) is 0 Å². The summed E-state index contributed by atoms with van der Waals surface area (Å²) in [5.74, 6) is 0. The minimum atomic E-state index is -0.293. The lowest BCUT2D eigenvalue weighted by atomic mass is 9.73. The maximum Gasteiger partial charge on any atom is 0.0738 e. The normalized spacial score (nSPS) is 16.4. The molecule has 0 bridgehead atoms. The van der Waals surface area contributed by atoms with Crippen molar-refractivity contribution in [2.24, 2.45) is 0 Å². The molecule has 1 heteroatoms. The molecule has 0 N–H and O–H groups in total.